The second kappa shape index (κ2) is 6.99. The van der Waals surface area contributed by atoms with Crippen LogP contribution in [0.25, 0.3) is 10.2 Å². The number of nitrogens with zero attached hydrogens (tertiary/aromatic N) is 5. The standard InChI is InChI=1S/C17H19FN6S/c18-12-2-3-14-15(10-12)25-16(22-14)13(19)11-23-6-8-24(9-7-23)17-20-4-1-5-21-17/h1-5,10,13H,6-9,11,19H2. The summed E-state index contributed by atoms with van der Waals surface area (Å²) in [4.78, 5) is 17.7. The smallest absolute Gasteiger partial charge is 0.225 e. The van der Waals surface area contributed by atoms with Gasteiger partial charge in [0.05, 0.1) is 16.3 Å². The van der Waals surface area contributed by atoms with Crippen LogP contribution < -0.4 is 10.6 Å². The first-order chi connectivity index (χ1) is 12.2. The van der Waals surface area contributed by atoms with Crippen LogP contribution in [0.2, 0.25) is 0 Å². The van der Waals surface area contributed by atoms with Crippen LogP contribution in [-0.4, -0.2) is 52.6 Å². The topological polar surface area (TPSA) is 71.2 Å². The number of fused-ring (bicyclic) bond motifs is 1. The van der Waals surface area contributed by atoms with Gasteiger partial charge in [-0.1, -0.05) is 0 Å². The summed E-state index contributed by atoms with van der Waals surface area (Å²) in [6.07, 6.45) is 3.53. The summed E-state index contributed by atoms with van der Waals surface area (Å²) in [6.45, 7) is 4.31. The lowest BCUT2D eigenvalue weighted by atomic mass is 10.2. The maximum Gasteiger partial charge on any atom is 0.225 e. The van der Waals surface area contributed by atoms with Crippen LogP contribution in [0.15, 0.2) is 36.7 Å². The third-order valence-corrected chi connectivity index (χ3v) is 5.50. The Balaban J connectivity index is 1.37. The fourth-order valence-corrected chi connectivity index (χ4v) is 4.00. The second-order valence-corrected chi connectivity index (χ2v) is 7.17. The molecule has 1 fully saturated rings. The molecule has 8 heteroatoms. The average molecular weight is 358 g/mol. The Kier molecular flexibility index (Phi) is 4.56. The first-order valence-corrected chi connectivity index (χ1v) is 9.06. The zero-order chi connectivity index (χ0) is 17.2. The third-order valence-electron chi connectivity index (χ3n) is 4.35. The highest BCUT2D eigenvalue weighted by atomic mass is 32.1. The van der Waals surface area contributed by atoms with Crippen LogP contribution in [-0.2, 0) is 0 Å². The van der Waals surface area contributed by atoms with E-state index in [-0.39, 0.29) is 11.9 Å². The number of benzene rings is 1. The van der Waals surface area contributed by atoms with Crippen molar-refractivity contribution >= 4 is 27.5 Å². The molecule has 1 saturated heterocycles. The molecule has 1 unspecified atom stereocenters. The Morgan fingerprint density at radius 1 is 1.16 bits per heavy atom. The highest BCUT2D eigenvalue weighted by molar-refractivity contribution is 7.18. The van der Waals surface area contributed by atoms with Gasteiger partial charge in [-0.15, -0.1) is 11.3 Å². The minimum Gasteiger partial charge on any atom is -0.338 e. The molecule has 0 bridgehead atoms. The number of rotatable bonds is 4. The fraction of sp³-hybridized carbons (Fsp3) is 0.353. The van der Waals surface area contributed by atoms with Gasteiger partial charge in [-0.2, -0.15) is 0 Å². The highest BCUT2D eigenvalue weighted by Gasteiger charge is 2.22. The monoisotopic (exact) mass is 358 g/mol. The third kappa shape index (κ3) is 3.60. The predicted octanol–water partition coefficient (Wildman–Crippen LogP) is 2.05. The first-order valence-electron chi connectivity index (χ1n) is 8.25. The minimum atomic E-state index is -0.240. The summed E-state index contributed by atoms with van der Waals surface area (Å²) >= 11 is 1.47. The van der Waals surface area contributed by atoms with Crippen molar-refractivity contribution in [1.29, 1.82) is 0 Å². The maximum absolute atomic E-state index is 13.3. The zero-order valence-electron chi connectivity index (χ0n) is 13.7. The first kappa shape index (κ1) is 16.3. The van der Waals surface area contributed by atoms with Crippen LogP contribution in [0.1, 0.15) is 11.0 Å². The van der Waals surface area contributed by atoms with Gasteiger partial charge < -0.3 is 10.6 Å². The van der Waals surface area contributed by atoms with Crippen molar-refractivity contribution in [3.63, 3.8) is 0 Å². The quantitative estimate of drug-likeness (QED) is 0.770. The van der Waals surface area contributed by atoms with Crippen molar-refractivity contribution in [3.05, 3.63) is 47.5 Å². The molecule has 3 heterocycles. The predicted molar refractivity (Wildman–Crippen MR) is 97.2 cm³/mol. The van der Waals surface area contributed by atoms with E-state index in [9.17, 15) is 4.39 Å². The largest absolute Gasteiger partial charge is 0.338 e. The van der Waals surface area contributed by atoms with Crippen molar-refractivity contribution in [2.75, 3.05) is 37.6 Å². The molecule has 130 valence electrons. The number of hydrogen-bond acceptors (Lipinski definition) is 7. The Hall–Kier alpha value is -2.16. The Bertz CT molecular complexity index is 847. The van der Waals surface area contributed by atoms with Crippen LogP contribution in [0.5, 0.6) is 0 Å². The van der Waals surface area contributed by atoms with Gasteiger partial charge >= 0.3 is 0 Å². The lowest BCUT2D eigenvalue weighted by Crippen LogP contribution is -2.48. The molecule has 1 aromatic carbocycles. The van der Waals surface area contributed by atoms with E-state index in [1.807, 2.05) is 6.07 Å². The number of hydrogen-bond donors (Lipinski definition) is 1. The minimum absolute atomic E-state index is 0.167. The summed E-state index contributed by atoms with van der Waals surface area (Å²) in [5.41, 5.74) is 7.16. The molecule has 0 aliphatic carbocycles. The molecular weight excluding hydrogens is 339 g/mol. The molecule has 3 aromatic rings. The van der Waals surface area contributed by atoms with Gasteiger partial charge in [0, 0.05) is 45.1 Å². The molecule has 25 heavy (non-hydrogen) atoms. The molecule has 1 aliphatic heterocycles. The van der Waals surface area contributed by atoms with Gasteiger partial charge in [-0.3, -0.25) is 4.90 Å². The Morgan fingerprint density at radius 2 is 1.92 bits per heavy atom. The summed E-state index contributed by atoms with van der Waals surface area (Å²) in [5.74, 6) is 0.537. The van der Waals surface area contributed by atoms with Crippen molar-refractivity contribution in [1.82, 2.24) is 19.9 Å². The number of piperazine rings is 1. The SMILES string of the molecule is NC(CN1CCN(c2ncccn2)CC1)c1nc2ccc(F)cc2s1. The Morgan fingerprint density at radius 3 is 2.68 bits per heavy atom. The summed E-state index contributed by atoms with van der Waals surface area (Å²) in [7, 11) is 0. The van der Waals surface area contributed by atoms with Crippen molar-refractivity contribution in [2.24, 2.45) is 5.73 Å². The van der Waals surface area contributed by atoms with Crippen LogP contribution in [0, 0.1) is 5.82 Å². The van der Waals surface area contributed by atoms with Gasteiger partial charge in [0.15, 0.2) is 0 Å². The lowest BCUT2D eigenvalue weighted by Gasteiger charge is -2.35. The van der Waals surface area contributed by atoms with E-state index in [2.05, 4.69) is 24.8 Å². The van der Waals surface area contributed by atoms with Crippen molar-refractivity contribution < 1.29 is 4.39 Å². The lowest BCUT2D eigenvalue weighted by molar-refractivity contribution is 0.242. The fourth-order valence-electron chi connectivity index (χ4n) is 3.02. The number of nitrogens with two attached hydrogens (primary N) is 1. The van der Waals surface area contributed by atoms with E-state index in [0.717, 1.165) is 53.9 Å². The van der Waals surface area contributed by atoms with Gasteiger partial charge in [0.1, 0.15) is 10.8 Å². The van der Waals surface area contributed by atoms with Crippen molar-refractivity contribution in [2.45, 2.75) is 6.04 Å². The zero-order valence-corrected chi connectivity index (χ0v) is 14.5. The molecule has 0 saturated carbocycles. The van der Waals surface area contributed by atoms with Gasteiger partial charge in [-0.05, 0) is 24.3 Å². The molecule has 0 spiro atoms. The second-order valence-electron chi connectivity index (χ2n) is 6.11. The van der Waals surface area contributed by atoms with Crippen molar-refractivity contribution in [3.8, 4) is 0 Å². The van der Waals surface area contributed by atoms with E-state index in [1.54, 1.807) is 18.5 Å². The molecule has 0 amide bonds. The molecule has 2 N–H and O–H groups in total. The Labute approximate surface area is 149 Å². The van der Waals surface area contributed by atoms with Gasteiger partial charge in [0.25, 0.3) is 0 Å². The van der Waals surface area contributed by atoms with E-state index in [4.69, 9.17) is 5.73 Å². The molecule has 6 nitrogen and oxygen atoms in total. The normalized spacial score (nSPS) is 17.1. The highest BCUT2D eigenvalue weighted by Crippen LogP contribution is 2.26. The van der Waals surface area contributed by atoms with E-state index >= 15 is 0 Å². The van der Waals surface area contributed by atoms with E-state index in [1.165, 1.54) is 23.5 Å². The maximum atomic E-state index is 13.3. The van der Waals surface area contributed by atoms with Gasteiger partial charge in [0.2, 0.25) is 5.95 Å². The van der Waals surface area contributed by atoms with E-state index < -0.39 is 0 Å². The van der Waals surface area contributed by atoms with Crippen LogP contribution in [0.4, 0.5) is 10.3 Å². The molecule has 1 atom stereocenters. The molecule has 0 radical (unpaired) electrons. The number of anilines is 1. The molecule has 4 rings (SSSR count). The molecule has 1 aliphatic rings. The number of aromatic nitrogens is 3. The summed E-state index contributed by atoms with van der Waals surface area (Å²) < 4.78 is 14.2. The van der Waals surface area contributed by atoms with Crippen LogP contribution in [0.3, 0.4) is 0 Å². The number of thiazole rings is 1. The summed E-state index contributed by atoms with van der Waals surface area (Å²) in [6, 6.07) is 6.31. The average Bonchev–Trinajstić information content (AvgIpc) is 3.06. The molecular formula is C17H19FN6S. The van der Waals surface area contributed by atoms with Crippen LogP contribution >= 0.6 is 11.3 Å². The molecule has 2 aromatic heterocycles. The number of halogens is 1. The van der Waals surface area contributed by atoms with E-state index in [0.29, 0.717) is 0 Å². The summed E-state index contributed by atoms with van der Waals surface area (Å²) in [5, 5.41) is 0.856. The van der Waals surface area contributed by atoms with Gasteiger partial charge in [-0.25, -0.2) is 19.3 Å².